The molecule has 0 aliphatic heterocycles. The summed E-state index contributed by atoms with van der Waals surface area (Å²) in [6.45, 7) is 0. The second-order valence-corrected chi connectivity index (χ2v) is 14.1. The van der Waals surface area contributed by atoms with Crippen LogP contribution < -0.4 is 0 Å². The minimum Gasteiger partial charge on any atom is -0.309 e. The molecule has 0 saturated heterocycles. The fourth-order valence-corrected chi connectivity index (χ4v) is 8.16. The van der Waals surface area contributed by atoms with Crippen LogP contribution in [0, 0.1) is 0 Å². The van der Waals surface area contributed by atoms with Crippen LogP contribution in [0.1, 0.15) is 0 Å². The maximum Gasteiger partial charge on any atom is 0.164 e. The van der Waals surface area contributed by atoms with Gasteiger partial charge in [0, 0.05) is 49.6 Å². The van der Waals surface area contributed by atoms with Crippen molar-refractivity contribution in [1.29, 1.82) is 0 Å². The third-order valence-electron chi connectivity index (χ3n) is 10.8. The Kier molecular flexibility index (Phi) is 7.42. The number of para-hydroxylation sites is 4. The molecule has 0 bridgehead atoms. The fourth-order valence-electron chi connectivity index (χ4n) is 8.16. The summed E-state index contributed by atoms with van der Waals surface area (Å²) in [6.07, 6.45) is 0. The van der Waals surface area contributed by atoms with Gasteiger partial charge in [-0.15, -0.1) is 0 Å². The van der Waals surface area contributed by atoms with Gasteiger partial charge in [0.2, 0.25) is 0 Å². The Morgan fingerprint density at radius 1 is 0.250 bits per heavy atom. The molecule has 5 nitrogen and oxygen atoms in total. The summed E-state index contributed by atoms with van der Waals surface area (Å²) < 4.78 is 4.66. The number of fused-ring (bicyclic) bond motifs is 6. The Bertz CT molecular complexity index is 3060. The van der Waals surface area contributed by atoms with E-state index in [9.17, 15) is 0 Å². The smallest absolute Gasteiger partial charge is 0.164 e. The first kappa shape index (κ1) is 31.9. The van der Waals surface area contributed by atoms with Gasteiger partial charge in [0.15, 0.2) is 17.5 Å². The Morgan fingerprint density at radius 3 is 1.12 bits per heavy atom. The largest absolute Gasteiger partial charge is 0.309 e. The van der Waals surface area contributed by atoms with Crippen LogP contribution in [-0.4, -0.2) is 24.1 Å². The van der Waals surface area contributed by atoms with Crippen LogP contribution in [0.5, 0.6) is 0 Å². The first-order chi connectivity index (χ1) is 27.8. The van der Waals surface area contributed by atoms with Crippen molar-refractivity contribution < 1.29 is 0 Å². The zero-order chi connectivity index (χ0) is 37.0. The molecule has 11 rings (SSSR count). The number of hydrogen-bond donors (Lipinski definition) is 0. The van der Waals surface area contributed by atoms with E-state index in [-0.39, 0.29) is 0 Å². The van der Waals surface area contributed by atoms with E-state index in [1.54, 1.807) is 0 Å². The van der Waals surface area contributed by atoms with E-state index >= 15 is 0 Å². The zero-order valence-electron chi connectivity index (χ0n) is 30.3. The molecule has 0 N–H and O–H groups in total. The molecule has 0 radical (unpaired) electrons. The summed E-state index contributed by atoms with van der Waals surface area (Å²) in [5, 5.41) is 4.76. The summed E-state index contributed by atoms with van der Waals surface area (Å²) >= 11 is 0. The minimum absolute atomic E-state index is 0.616. The maximum atomic E-state index is 5.27. The molecule has 0 atom stereocenters. The number of aromatic nitrogens is 5. The number of nitrogens with zero attached hydrogens (tertiary/aromatic N) is 5. The molecule has 8 aromatic carbocycles. The molecule has 0 amide bonds. The van der Waals surface area contributed by atoms with Gasteiger partial charge in [-0.3, -0.25) is 0 Å². The van der Waals surface area contributed by atoms with E-state index in [0.29, 0.717) is 17.5 Å². The van der Waals surface area contributed by atoms with Gasteiger partial charge in [-0.1, -0.05) is 146 Å². The van der Waals surface area contributed by atoms with Crippen molar-refractivity contribution in [2.75, 3.05) is 0 Å². The van der Waals surface area contributed by atoms with Crippen LogP contribution >= 0.6 is 0 Å². The first-order valence-electron chi connectivity index (χ1n) is 18.9. The molecule has 262 valence electrons. The van der Waals surface area contributed by atoms with Gasteiger partial charge in [-0.05, 0) is 65.7 Å². The second-order valence-electron chi connectivity index (χ2n) is 14.1. The molecule has 0 aliphatic carbocycles. The Balaban J connectivity index is 1.15. The Morgan fingerprint density at radius 2 is 0.625 bits per heavy atom. The molecule has 5 heteroatoms. The van der Waals surface area contributed by atoms with Crippen molar-refractivity contribution in [3.8, 4) is 56.7 Å². The highest BCUT2D eigenvalue weighted by Gasteiger charge is 2.19. The van der Waals surface area contributed by atoms with Gasteiger partial charge in [0.1, 0.15) is 0 Å². The van der Waals surface area contributed by atoms with Crippen molar-refractivity contribution in [1.82, 2.24) is 24.1 Å². The summed E-state index contributed by atoms with van der Waals surface area (Å²) in [7, 11) is 0. The molecule has 11 aromatic rings. The van der Waals surface area contributed by atoms with Gasteiger partial charge in [0.05, 0.1) is 22.1 Å². The van der Waals surface area contributed by atoms with E-state index in [1.165, 1.54) is 21.5 Å². The summed E-state index contributed by atoms with van der Waals surface area (Å²) in [4.78, 5) is 15.7. The fraction of sp³-hybridized carbons (Fsp3) is 0. The average Bonchev–Trinajstić information content (AvgIpc) is 3.79. The lowest BCUT2D eigenvalue weighted by Crippen LogP contribution is -2.01. The maximum absolute atomic E-state index is 5.27. The van der Waals surface area contributed by atoms with Crippen molar-refractivity contribution in [3.05, 3.63) is 200 Å². The first-order valence-corrected chi connectivity index (χ1v) is 18.9. The van der Waals surface area contributed by atoms with E-state index in [0.717, 1.165) is 61.3 Å². The third kappa shape index (κ3) is 5.29. The van der Waals surface area contributed by atoms with Crippen LogP contribution in [-0.2, 0) is 0 Å². The lowest BCUT2D eigenvalue weighted by atomic mass is 10.0. The summed E-state index contributed by atoms with van der Waals surface area (Å²) in [5.74, 6) is 1.85. The molecular formula is C51H33N5. The van der Waals surface area contributed by atoms with E-state index < -0.39 is 0 Å². The molecule has 0 spiro atoms. The van der Waals surface area contributed by atoms with Gasteiger partial charge in [0.25, 0.3) is 0 Å². The third-order valence-corrected chi connectivity index (χ3v) is 10.8. The Hall–Kier alpha value is -7.63. The minimum atomic E-state index is 0.616. The number of hydrogen-bond acceptors (Lipinski definition) is 3. The molecule has 3 aromatic heterocycles. The normalized spacial score (nSPS) is 11.6. The quantitative estimate of drug-likeness (QED) is 0.172. The highest BCUT2D eigenvalue weighted by atomic mass is 15.0. The highest BCUT2D eigenvalue weighted by molar-refractivity contribution is 6.11. The standard InChI is InChI=1S/C51H33N5/c1-4-15-34(16-5-1)35-17-14-18-36(31-35)49-52-50(37-27-29-43-41-23-10-12-25-45(41)55(47(43)32-37)39-19-6-2-7-20-39)54-51(53-49)38-28-30-44-42-24-11-13-26-46(42)56(48(44)33-38)40-21-8-3-9-22-40/h1-33H. The second kappa shape index (κ2) is 13.0. The SMILES string of the molecule is c1ccc(-c2cccc(-c3nc(-c4ccc5c6ccccc6n(-c6ccccc6)c5c4)nc(-c4ccc5c6ccccc6n(-c6ccccc6)c5c4)n3)c2)cc1. The van der Waals surface area contributed by atoms with Crippen LogP contribution in [0.2, 0.25) is 0 Å². The van der Waals surface area contributed by atoms with Crippen LogP contribution in [0.25, 0.3) is 100 Å². The van der Waals surface area contributed by atoms with Crippen molar-refractivity contribution in [2.45, 2.75) is 0 Å². The van der Waals surface area contributed by atoms with Gasteiger partial charge in [-0.25, -0.2) is 15.0 Å². The molecule has 0 saturated carbocycles. The van der Waals surface area contributed by atoms with E-state index in [4.69, 9.17) is 15.0 Å². The van der Waals surface area contributed by atoms with Crippen molar-refractivity contribution in [3.63, 3.8) is 0 Å². The number of rotatable bonds is 6. The van der Waals surface area contributed by atoms with Crippen molar-refractivity contribution in [2.24, 2.45) is 0 Å². The molecule has 0 aliphatic rings. The molecule has 0 fully saturated rings. The number of benzene rings is 8. The van der Waals surface area contributed by atoms with Crippen LogP contribution in [0.15, 0.2) is 200 Å². The van der Waals surface area contributed by atoms with E-state index in [2.05, 4.69) is 203 Å². The predicted molar refractivity (Wildman–Crippen MR) is 230 cm³/mol. The molecule has 56 heavy (non-hydrogen) atoms. The summed E-state index contributed by atoms with van der Waals surface area (Å²) in [6, 6.07) is 70.3. The van der Waals surface area contributed by atoms with Gasteiger partial charge >= 0.3 is 0 Å². The zero-order valence-corrected chi connectivity index (χ0v) is 30.3. The van der Waals surface area contributed by atoms with Gasteiger partial charge in [-0.2, -0.15) is 0 Å². The highest BCUT2D eigenvalue weighted by Crippen LogP contribution is 2.37. The van der Waals surface area contributed by atoms with Crippen molar-refractivity contribution >= 4 is 43.6 Å². The topological polar surface area (TPSA) is 48.5 Å². The monoisotopic (exact) mass is 715 g/mol. The lowest BCUT2D eigenvalue weighted by Gasteiger charge is -2.12. The molecule has 0 unspecified atom stereocenters. The van der Waals surface area contributed by atoms with E-state index in [1.807, 2.05) is 6.07 Å². The lowest BCUT2D eigenvalue weighted by molar-refractivity contribution is 1.07. The van der Waals surface area contributed by atoms with Crippen LogP contribution in [0.4, 0.5) is 0 Å². The Labute approximate surface area is 323 Å². The van der Waals surface area contributed by atoms with Gasteiger partial charge < -0.3 is 9.13 Å². The average molecular weight is 716 g/mol. The van der Waals surface area contributed by atoms with Crippen LogP contribution in [0.3, 0.4) is 0 Å². The molecular weight excluding hydrogens is 683 g/mol. The molecule has 3 heterocycles. The summed E-state index contributed by atoms with van der Waals surface area (Å²) in [5.41, 5.74) is 11.7. The predicted octanol–water partition coefficient (Wildman–Crippen LogP) is 12.7.